The van der Waals surface area contributed by atoms with E-state index in [0.717, 1.165) is 25.9 Å². The van der Waals surface area contributed by atoms with Crippen molar-refractivity contribution in [2.75, 3.05) is 19.6 Å². The number of fused-ring (bicyclic) bond motifs is 2. The highest BCUT2D eigenvalue weighted by Crippen LogP contribution is 2.28. The number of aromatic carboxylic acids is 1. The Bertz CT molecular complexity index is 770. The summed E-state index contributed by atoms with van der Waals surface area (Å²) in [5.74, 6) is -2.18. The zero-order valence-electron chi connectivity index (χ0n) is 14.4. The predicted octanol–water partition coefficient (Wildman–Crippen LogP) is 0.786. The van der Waals surface area contributed by atoms with Crippen LogP contribution in [0.25, 0.3) is 0 Å². The van der Waals surface area contributed by atoms with Crippen molar-refractivity contribution >= 4 is 11.9 Å². The van der Waals surface area contributed by atoms with Gasteiger partial charge < -0.3 is 19.7 Å². The second kappa shape index (κ2) is 6.51. The van der Waals surface area contributed by atoms with Gasteiger partial charge in [-0.25, -0.2) is 4.79 Å². The number of carbonyl (C=O) groups excluding carboxylic acids is 1. The normalized spacial score (nSPS) is 21.0. The average molecular weight is 349 g/mol. The first kappa shape index (κ1) is 17.5. The second-order valence-electron chi connectivity index (χ2n) is 7.10. The van der Waals surface area contributed by atoms with Gasteiger partial charge in [-0.15, -0.1) is 0 Å². The molecule has 1 atom stereocenters. The van der Waals surface area contributed by atoms with E-state index in [1.54, 1.807) is 4.90 Å². The number of hydrogen-bond donors (Lipinski definition) is 2. The van der Waals surface area contributed by atoms with Crippen molar-refractivity contribution in [1.29, 1.82) is 0 Å². The Kier molecular flexibility index (Phi) is 4.55. The molecule has 3 heterocycles. The lowest BCUT2D eigenvalue weighted by Gasteiger charge is -2.42. The summed E-state index contributed by atoms with van der Waals surface area (Å²) in [4.78, 5) is 40.1. The number of carboxylic acid groups (broad SMARTS) is 1. The van der Waals surface area contributed by atoms with Crippen molar-refractivity contribution in [2.24, 2.45) is 5.92 Å². The lowest BCUT2D eigenvalue weighted by Crippen LogP contribution is -2.56. The number of carbonyl (C=O) groups is 2. The van der Waals surface area contributed by atoms with Gasteiger partial charge in [0.1, 0.15) is 11.7 Å². The van der Waals surface area contributed by atoms with Gasteiger partial charge in [0.05, 0.1) is 6.54 Å². The summed E-state index contributed by atoms with van der Waals surface area (Å²) in [6, 6.07) is 0. The highest BCUT2D eigenvalue weighted by molar-refractivity contribution is 5.97. The molecule has 2 N–H and O–H groups in total. The first-order valence-corrected chi connectivity index (χ1v) is 8.56. The number of rotatable bonds is 3. The van der Waals surface area contributed by atoms with Crippen LogP contribution in [0, 0.1) is 5.92 Å². The summed E-state index contributed by atoms with van der Waals surface area (Å²) in [7, 11) is 0. The third-order valence-electron chi connectivity index (χ3n) is 4.79. The van der Waals surface area contributed by atoms with Crippen LogP contribution in [0.5, 0.6) is 5.75 Å². The molecule has 0 bridgehead atoms. The molecule has 1 aromatic heterocycles. The highest BCUT2D eigenvalue weighted by atomic mass is 16.4. The maximum absolute atomic E-state index is 12.9. The lowest BCUT2D eigenvalue weighted by atomic mass is 10.1. The zero-order chi connectivity index (χ0) is 18.3. The molecule has 8 heteroatoms. The van der Waals surface area contributed by atoms with E-state index in [4.69, 9.17) is 0 Å². The molecule has 0 aromatic carbocycles. The lowest BCUT2D eigenvalue weighted by molar-refractivity contribution is 0.0182. The minimum atomic E-state index is -1.41. The predicted molar refractivity (Wildman–Crippen MR) is 89.8 cm³/mol. The monoisotopic (exact) mass is 349 g/mol. The molecule has 0 radical (unpaired) electrons. The smallest absolute Gasteiger partial charge is 0.341 e. The summed E-state index contributed by atoms with van der Waals surface area (Å²) < 4.78 is 1.42. The molecule has 1 amide bonds. The van der Waals surface area contributed by atoms with Crippen molar-refractivity contribution in [3.05, 3.63) is 27.7 Å². The van der Waals surface area contributed by atoms with Crippen molar-refractivity contribution in [1.82, 2.24) is 14.4 Å². The third kappa shape index (κ3) is 3.02. The Hall–Kier alpha value is -2.35. The van der Waals surface area contributed by atoms with E-state index in [0.29, 0.717) is 19.0 Å². The maximum Gasteiger partial charge on any atom is 0.341 e. The summed E-state index contributed by atoms with van der Waals surface area (Å²) in [5, 5.41) is 19.3. The molecule has 1 aromatic rings. The molecule has 2 aliphatic heterocycles. The Morgan fingerprint density at radius 1 is 1.28 bits per heavy atom. The van der Waals surface area contributed by atoms with Gasteiger partial charge in [-0.05, 0) is 18.8 Å². The first-order valence-electron chi connectivity index (χ1n) is 8.56. The molecular weight excluding hydrogens is 326 g/mol. The summed E-state index contributed by atoms with van der Waals surface area (Å²) in [6.07, 6.45) is 2.80. The number of amides is 1. The van der Waals surface area contributed by atoms with E-state index < -0.39 is 28.6 Å². The van der Waals surface area contributed by atoms with Crippen LogP contribution in [0.3, 0.4) is 0 Å². The van der Waals surface area contributed by atoms with E-state index in [-0.39, 0.29) is 11.9 Å². The first-order chi connectivity index (χ1) is 11.8. The largest absolute Gasteiger partial charge is 0.503 e. The molecule has 1 fully saturated rings. The Labute approximate surface area is 145 Å². The van der Waals surface area contributed by atoms with Gasteiger partial charge in [0.2, 0.25) is 5.43 Å². The fourth-order valence-electron chi connectivity index (χ4n) is 3.71. The molecule has 0 saturated carbocycles. The van der Waals surface area contributed by atoms with Crippen LogP contribution in [0.4, 0.5) is 0 Å². The summed E-state index contributed by atoms with van der Waals surface area (Å²) >= 11 is 0. The van der Waals surface area contributed by atoms with Crippen LogP contribution in [-0.4, -0.2) is 62.3 Å². The van der Waals surface area contributed by atoms with E-state index >= 15 is 0 Å². The number of aromatic hydroxyl groups is 1. The van der Waals surface area contributed by atoms with Crippen molar-refractivity contribution in [3.63, 3.8) is 0 Å². The van der Waals surface area contributed by atoms with Gasteiger partial charge in [-0.1, -0.05) is 13.8 Å². The van der Waals surface area contributed by atoms with E-state index in [1.807, 2.05) is 0 Å². The SMILES string of the molecule is CC(C)CN1CCCCN2C(=O)c3c(O)c(=O)c(C(=O)O)cn3CC12. The van der Waals surface area contributed by atoms with Crippen molar-refractivity contribution < 1.29 is 19.8 Å². The van der Waals surface area contributed by atoms with E-state index in [9.17, 15) is 24.6 Å². The summed E-state index contributed by atoms with van der Waals surface area (Å²) in [6.45, 7) is 6.80. The van der Waals surface area contributed by atoms with Gasteiger partial charge in [-0.2, -0.15) is 0 Å². The molecule has 3 rings (SSSR count). The van der Waals surface area contributed by atoms with Gasteiger partial charge in [-0.3, -0.25) is 14.5 Å². The number of pyridine rings is 1. The third-order valence-corrected chi connectivity index (χ3v) is 4.79. The van der Waals surface area contributed by atoms with Crippen LogP contribution in [0.2, 0.25) is 0 Å². The molecule has 8 nitrogen and oxygen atoms in total. The fraction of sp³-hybridized carbons (Fsp3) is 0.588. The molecule has 0 aliphatic carbocycles. The highest BCUT2D eigenvalue weighted by Gasteiger charge is 2.39. The molecule has 25 heavy (non-hydrogen) atoms. The van der Waals surface area contributed by atoms with Crippen molar-refractivity contribution in [3.8, 4) is 5.75 Å². The molecule has 136 valence electrons. The Morgan fingerprint density at radius 2 is 1.96 bits per heavy atom. The second-order valence-corrected chi connectivity index (χ2v) is 7.10. The van der Waals surface area contributed by atoms with E-state index in [2.05, 4.69) is 18.7 Å². The quantitative estimate of drug-likeness (QED) is 0.836. The van der Waals surface area contributed by atoms with Crippen LogP contribution in [0.15, 0.2) is 11.0 Å². The minimum Gasteiger partial charge on any atom is -0.503 e. The van der Waals surface area contributed by atoms with Gasteiger partial charge >= 0.3 is 5.97 Å². The molecule has 0 spiro atoms. The van der Waals surface area contributed by atoms with Crippen molar-refractivity contribution in [2.45, 2.75) is 39.4 Å². The molecule has 2 aliphatic rings. The van der Waals surface area contributed by atoms with Crippen LogP contribution >= 0.6 is 0 Å². The number of nitrogens with zero attached hydrogens (tertiary/aromatic N) is 3. The standard InChI is InChI=1S/C17H23N3O5/c1-10(2)7-18-5-3-4-6-20-12(18)9-19-8-11(17(24)25)14(21)15(22)13(19)16(20)23/h8,10,12,22H,3-7,9H2,1-2H3,(H,24,25). The van der Waals surface area contributed by atoms with Crippen LogP contribution in [0.1, 0.15) is 47.5 Å². The van der Waals surface area contributed by atoms with Gasteiger partial charge in [0, 0.05) is 25.8 Å². The number of aromatic nitrogens is 1. The van der Waals surface area contributed by atoms with Crippen LogP contribution in [-0.2, 0) is 6.54 Å². The average Bonchev–Trinajstić information content (AvgIpc) is 2.73. The number of carboxylic acids is 1. The summed E-state index contributed by atoms with van der Waals surface area (Å²) in [5.41, 5.74) is -1.65. The van der Waals surface area contributed by atoms with E-state index in [1.165, 1.54) is 10.8 Å². The molecule has 1 unspecified atom stereocenters. The Balaban J connectivity index is 2.09. The van der Waals surface area contributed by atoms with Gasteiger partial charge in [0.25, 0.3) is 5.91 Å². The van der Waals surface area contributed by atoms with Crippen LogP contribution < -0.4 is 5.43 Å². The fourth-order valence-corrected chi connectivity index (χ4v) is 3.71. The minimum absolute atomic E-state index is 0.113. The molecule has 1 saturated heterocycles. The molecular formula is C17H23N3O5. The topological polar surface area (TPSA) is 103 Å². The number of hydrogen-bond acceptors (Lipinski definition) is 5. The Morgan fingerprint density at radius 3 is 2.60 bits per heavy atom. The zero-order valence-corrected chi connectivity index (χ0v) is 14.4. The van der Waals surface area contributed by atoms with Gasteiger partial charge in [0.15, 0.2) is 11.4 Å². The maximum atomic E-state index is 12.9.